The van der Waals surface area contributed by atoms with Gasteiger partial charge >= 0.3 is 0 Å². The molecule has 3 heteroatoms. The minimum Gasteiger partial charge on any atom is -0.342 e. The molecule has 4 fully saturated rings. The van der Waals surface area contributed by atoms with Crippen molar-refractivity contribution >= 4 is 5.91 Å². The molecule has 0 radical (unpaired) electrons. The Bertz CT molecular complexity index is 563. The van der Waals surface area contributed by atoms with Gasteiger partial charge in [-0.05, 0) is 86.5 Å². The predicted molar refractivity (Wildman–Crippen MR) is 111 cm³/mol. The van der Waals surface area contributed by atoms with Gasteiger partial charge < -0.3 is 10.2 Å². The molecule has 0 spiro atoms. The van der Waals surface area contributed by atoms with Crippen LogP contribution in [0.1, 0.15) is 91.4 Å². The summed E-state index contributed by atoms with van der Waals surface area (Å²) in [6.45, 7) is 8.65. The number of nitrogens with zero attached hydrogens (tertiary/aromatic N) is 1. The van der Waals surface area contributed by atoms with E-state index in [0.29, 0.717) is 22.8 Å². The molecule has 1 N–H and O–H groups in total. The van der Waals surface area contributed by atoms with E-state index in [9.17, 15) is 4.79 Å². The lowest BCUT2D eigenvalue weighted by Gasteiger charge is -2.61. The molecular weight excluding hydrogens is 332 g/mol. The van der Waals surface area contributed by atoms with E-state index in [-0.39, 0.29) is 0 Å². The number of fused-ring (bicyclic) bond motifs is 5. The van der Waals surface area contributed by atoms with Crippen LogP contribution in [0.4, 0.5) is 0 Å². The highest BCUT2D eigenvalue weighted by molar-refractivity contribution is 5.77. The molecule has 3 nitrogen and oxygen atoms in total. The molecule has 1 saturated heterocycles. The summed E-state index contributed by atoms with van der Waals surface area (Å²) in [7, 11) is 2.07. The minimum atomic E-state index is 0.361. The van der Waals surface area contributed by atoms with Crippen molar-refractivity contribution in [2.24, 2.45) is 28.6 Å². The summed E-state index contributed by atoms with van der Waals surface area (Å²) in [5.41, 5.74) is 0.868. The topological polar surface area (TPSA) is 32.3 Å². The van der Waals surface area contributed by atoms with Crippen LogP contribution in [0.25, 0.3) is 0 Å². The monoisotopic (exact) mass is 374 g/mol. The number of amides is 1. The molecule has 3 aliphatic carbocycles. The lowest BCUT2D eigenvalue weighted by atomic mass is 9.47. The average molecular weight is 375 g/mol. The Kier molecular flexibility index (Phi) is 5.37. The SMILES string of the molecule is CCCCCN[C@H]1CC[C@H]2[C@@H]3CC[C@H]4N(C)C(=O)CC[C@]4(C)[C@H]3CC[C@]12C. The molecule has 1 heterocycles. The summed E-state index contributed by atoms with van der Waals surface area (Å²) in [4.78, 5) is 14.4. The summed E-state index contributed by atoms with van der Waals surface area (Å²) in [6, 6.07) is 1.23. The second-order valence-corrected chi connectivity index (χ2v) is 10.8. The normalized spacial score (nSPS) is 46.7. The first-order valence-electron chi connectivity index (χ1n) is 11.9. The summed E-state index contributed by atoms with van der Waals surface area (Å²) < 4.78 is 0. The van der Waals surface area contributed by atoms with Crippen LogP contribution in [0, 0.1) is 28.6 Å². The molecule has 0 aromatic heterocycles. The zero-order chi connectivity index (χ0) is 19.2. The first-order chi connectivity index (χ1) is 12.9. The van der Waals surface area contributed by atoms with E-state index in [4.69, 9.17) is 0 Å². The lowest BCUT2D eigenvalue weighted by Crippen LogP contribution is -2.61. The largest absolute Gasteiger partial charge is 0.342 e. The van der Waals surface area contributed by atoms with Gasteiger partial charge in [0.05, 0.1) is 0 Å². The molecule has 4 aliphatic rings. The highest BCUT2D eigenvalue weighted by Crippen LogP contribution is 2.64. The zero-order valence-electron chi connectivity index (χ0n) is 18.2. The molecule has 154 valence electrons. The van der Waals surface area contributed by atoms with Crippen molar-refractivity contribution in [3.05, 3.63) is 0 Å². The summed E-state index contributed by atoms with van der Waals surface area (Å²) >= 11 is 0. The van der Waals surface area contributed by atoms with Crippen molar-refractivity contribution in [2.75, 3.05) is 13.6 Å². The molecule has 0 bridgehead atoms. The van der Waals surface area contributed by atoms with Gasteiger partial charge in [0, 0.05) is 25.6 Å². The fourth-order valence-electron chi connectivity index (χ4n) is 8.14. The number of nitrogens with one attached hydrogen (secondary N) is 1. The van der Waals surface area contributed by atoms with Gasteiger partial charge in [-0.2, -0.15) is 0 Å². The quantitative estimate of drug-likeness (QED) is 0.687. The van der Waals surface area contributed by atoms with Gasteiger partial charge in [0.25, 0.3) is 0 Å². The van der Waals surface area contributed by atoms with Crippen LogP contribution in [0.5, 0.6) is 0 Å². The van der Waals surface area contributed by atoms with E-state index < -0.39 is 0 Å². The number of unbranched alkanes of at least 4 members (excludes halogenated alkanes) is 2. The maximum atomic E-state index is 12.3. The molecule has 4 rings (SSSR count). The van der Waals surface area contributed by atoms with Gasteiger partial charge in [-0.1, -0.05) is 33.6 Å². The maximum absolute atomic E-state index is 12.3. The van der Waals surface area contributed by atoms with Crippen LogP contribution < -0.4 is 5.32 Å². The highest BCUT2D eigenvalue weighted by atomic mass is 16.2. The van der Waals surface area contributed by atoms with E-state index in [2.05, 4.69) is 38.0 Å². The van der Waals surface area contributed by atoms with Crippen molar-refractivity contribution in [1.82, 2.24) is 10.2 Å². The minimum absolute atomic E-state index is 0.361. The van der Waals surface area contributed by atoms with Crippen molar-refractivity contribution in [3.63, 3.8) is 0 Å². The number of rotatable bonds is 5. The summed E-state index contributed by atoms with van der Waals surface area (Å²) in [5.74, 6) is 3.02. The maximum Gasteiger partial charge on any atom is 0.222 e. The predicted octanol–water partition coefficient (Wildman–Crippen LogP) is 5.00. The van der Waals surface area contributed by atoms with Crippen LogP contribution in [0.15, 0.2) is 0 Å². The number of hydrogen-bond donors (Lipinski definition) is 1. The third-order valence-electron chi connectivity index (χ3n) is 9.73. The zero-order valence-corrected chi connectivity index (χ0v) is 18.2. The van der Waals surface area contributed by atoms with Gasteiger partial charge in [-0.25, -0.2) is 0 Å². The third kappa shape index (κ3) is 3.07. The van der Waals surface area contributed by atoms with E-state index in [1.165, 1.54) is 64.3 Å². The Balaban J connectivity index is 1.48. The standard InChI is InChI=1S/C24H42N2O/c1-5-6-7-16-25-20-10-9-18-17-8-11-21-24(3,15-13-22(27)26(21)4)19(17)12-14-23(18,20)2/h17-21,25H,5-16H2,1-4H3/t17-,18-,19-,20-,21+,23-,24+/m0/s1. The summed E-state index contributed by atoms with van der Waals surface area (Å²) in [6.07, 6.45) is 14.1. The Morgan fingerprint density at radius 3 is 2.56 bits per heavy atom. The fraction of sp³-hybridized carbons (Fsp3) is 0.958. The Labute approximate surface area is 167 Å². The fourth-order valence-corrected chi connectivity index (χ4v) is 8.14. The molecule has 3 saturated carbocycles. The lowest BCUT2D eigenvalue weighted by molar-refractivity contribution is -0.157. The number of carbonyl (C=O) groups is 1. The first kappa shape index (κ1) is 19.7. The highest BCUT2D eigenvalue weighted by Gasteiger charge is 2.60. The second kappa shape index (κ2) is 7.35. The molecule has 7 atom stereocenters. The smallest absolute Gasteiger partial charge is 0.222 e. The first-order valence-corrected chi connectivity index (χ1v) is 11.9. The molecule has 1 aliphatic heterocycles. The van der Waals surface area contributed by atoms with Crippen LogP contribution in [0.2, 0.25) is 0 Å². The molecule has 0 aromatic rings. The van der Waals surface area contributed by atoms with Crippen molar-refractivity contribution in [2.45, 2.75) is 103 Å². The van der Waals surface area contributed by atoms with Gasteiger partial charge in [0.2, 0.25) is 5.91 Å². The van der Waals surface area contributed by atoms with E-state index in [0.717, 1.165) is 36.6 Å². The molecule has 27 heavy (non-hydrogen) atoms. The Morgan fingerprint density at radius 1 is 1.00 bits per heavy atom. The average Bonchev–Trinajstić information content (AvgIpc) is 2.99. The van der Waals surface area contributed by atoms with Crippen LogP contribution in [-0.2, 0) is 4.79 Å². The molecule has 0 unspecified atom stereocenters. The van der Waals surface area contributed by atoms with Gasteiger partial charge in [0.1, 0.15) is 0 Å². The Morgan fingerprint density at radius 2 is 1.78 bits per heavy atom. The van der Waals surface area contributed by atoms with Gasteiger partial charge in [0.15, 0.2) is 0 Å². The van der Waals surface area contributed by atoms with E-state index >= 15 is 0 Å². The van der Waals surface area contributed by atoms with Crippen molar-refractivity contribution in [3.8, 4) is 0 Å². The van der Waals surface area contributed by atoms with E-state index in [1.54, 1.807) is 0 Å². The van der Waals surface area contributed by atoms with E-state index in [1.807, 2.05) is 0 Å². The van der Waals surface area contributed by atoms with Crippen LogP contribution in [-0.4, -0.2) is 36.5 Å². The molecule has 0 aromatic carbocycles. The molecule has 1 amide bonds. The van der Waals surface area contributed by atoms with Crippen LogP contribution >= 0.6 is 0 Å². The van der Waals surface area contributed by atoms with Crippen molar-refractivity contribution < 1.29 is 4.79 Å². The summed E-state index contributed by atoms with van der Waals surface area (Å²) in [5, 5.41) is 3.98. The molecular formula is C24H42N2O. The van der Waals surface area contributed by atoms with Crippen molar-refractivity contribution in [1.29, 1.82) is 0 Å². The number of hydrogen-bond acceptors (Lipinski definition) is 2. The number of carbonyl (C=O) groups excluding carboxylic acids is 1. The third-order valence-corrected chi connectivity index (χ3v) is 9.73. The van der Waals surface area contributed by atoms with Gasteiger partial charge in [-0.3, -0.25) is 4.79 Å². The second-order valence-electron chi connectivity index (χ2n) is 10.8. The number of piperidine rings is 1. The van der Waals surface area contributed by atoms with Gasteiger partial charge in [-0.15, -0.1) is 0 Å². The van der Waals surface area contributed by atoms with Crippen LogP contribution in [0.3, 0.4) is 0 Å². The number of likely N-dealkylation sites (tertiary alicyclic amines) is 1. The Hall–Kier alpha value is -0.570.